The number of hydrogen-bond acceptors (Lipinski definition) is 4. The molecule has 3 rings (SSSR count). The maximum absolute atomic E-state index is 12.4. The van der Waals surface area contributed by atoms with Crippen molar-refractivity contribution in [2.45, 2.75) is 48.8 Å². The van der Waals surface area contributed by atoms with Crippen molar-refractivity contribution in [1.82, 2.24) is 4.72 Å². The van der Waals surface area contributed by atoms with Gasteiger partial charge in [-0.05, 0) is 94.8 Å². The number of unbranched alkanes of at least 4 members (excludes halogenated alkanes) is 1. The Labute approximate surface area is 232 Å². The fraction of sp³-hybridized carbons (Fsp3) is 0.304. The first kappa shape index (κ1) is 28.7. The van der Waals surface area contributed by atoms with E-state index in [-0.39, 0.29) is 51.8 Å². The van der Waals surface area contributed by atoms with E-state index in [4.69, 9.17) is 0 Å². The summed E-state index contributed by atoms with van der Waals surface area (Å²) in [7, 11) is -7.91. The van der Waals surface area contributed by atoms with Crippen molar-refractivity contribution in [3.8, 4) is 11.1 Å². The number of hydrogen-bond donors (Lipinski definition) is 2. The monoisotopic (exact) mass is 611 g/mol. The van der Waals surface area contributed by atoms with Crippen LogP contribution in [-0.4, -0.2) is 57.5 Å². The Morgan fingerprint density at radius 1 is 0.909 bits per heavy atom. The van der Waals surface area contributed by atoms with Gasteiger partial charge in [0.25, 0.3) is 10.1 Å². The molecule has 0 saturated carbocycles. The number of sulfonamides is 1. The van der Waals surface area contributed by atoms with Gasteiger partial charge in [0.1, 0.15) is 4.90 Å². The fourth-order valence-corrected chi connectivity index (χ4v) is 5.73. The first-order chi connectivity index (χ1) is 15.0. The minimum atomic E-state index is -4.35. The molecule has 6 nitrogen and oxygen atoms in total. The molecule has 0 spiro atoms. The second-order valence-corrected chi connectivity index (χ2v) is 12.4. The SMILES string of the molecule is CC(C)c1ccc2c(CCCCNS(=O)(=O)c3ccc(I)cc3)cc(S(=O)(=O)O)c-2cc1.[NaH]. The zero-order valence-electron chi connectivity index (χ0n) is 17.9. The summed E-state index contributed by atoms with van der Waals surface area (Å²) in [4.78, 5) is 0.138. The van der Waals surface area contributed by atoms with E-state index in [2.05, 4.69) is 41.2 Å². The van der Waals surface area contributed by atoms with Crippen molar-refractivity contribution in [1.29, 1.82) is 0 Å². The normalized spacial score (nSPS) is 12.2. The third-order valence-corrected chi connectivity index (χ3v) is 8.41. The van der Waals surface area contributed by atoms with E-state index in [0.717, 1.165) is 20.3 Å². The van der Waals surface area contributed by atoms with Gasteiger partial charge in [0.05, 0.1) is 4.90 Å². The fourth-order valence-electron chi connectivity index (χ4n) is 3.55. The zero-order valence-corrected chi connectivity index (χ0v) is 21.7. The van der Waals surface area contributed by atoms with Gasteiger partial charge in [-0.3, -0.25) is 4.55 Å². The van der Waals surface area contributed by atoms with E-state index in [1.54, 1.807) is 30.3 Å². The van der Waals surface area contributed by atoms with Crippen molar-refractivity contribution in [3.05, 3.63) is 69.3 Å². The van der Waals surface area contributed by atoms with Gasteiger partial charge in [0.15, 0.2) is 0 Å². The second kappa shape index (κ2) is 11.9. The molecule has 10 heteroatoms. The van der Waals surface area contributed by atoms with Gasteiger partial charge < -0.3 is 0 Å². The van der Waals surface area contributed by atoms with Crippen LogP contribution in [0.15, 0.2) is 64.4 Å². The van der Waals surface area contributed by atoms with Crippen LogP contribution in [0, 0.1) is 3.57 Å². The number of benzene rings is 1. The molecule has 0 unspecified atom stereocenters. The molecule has 0 saturated heterocycles. The van der Waals surface area contributed by atoms with Crippen molar-refractivity contribution in [2.75, 3.05) is 6.54 Å². The first-order valence-electron chi connectivity index (χ1n) is 10.3. The number of rotatable bonds is 9. The van der Waals surface area contributed by atoms with E-state index >= 15 is 0 Å². The van der Waals surface area contributed by atoms with Crippen LogP contribution >= 0.6 is 22.6 Å². The second-order valence-electron chi connectivity index (χ2n) is 7.97. The van der Waals surface area contributed by atoms with Crippen LogP contribution in [0.25, 0.3) is 11.1 Å². The molecule has 0 bridgehead atoms. The zero-order chi connectivity index (χ0) is 23.5. The summed E-state index contributed by atoms with van der Waals surface area (Å²) in [6.45, 7) is 4.40. The van der Waals surface area contributed by atoms with E-state index in [9.17, 15) is 21.4 Å². The van der Waals surface area contributed by atoms with E-state index in [1.165, 1.54) is 6.07 Å². The number of halogens is 1. The van der Waals surface area contributed by atoms with Crippen molar-refractivity contribution in [3.63, 3.8) is 0 Å². The Morgan fingerprint density at radius 2 is 1.52 bits per heavy atom. The van der Waals surface area contributed by atoms with Gasteiger partial charge >= 0.3 is 29.6 Å². The number of fused-ring (bicyclic) bond motifs is 1. The third kappa shape index (κ3) is 7.47. The molecule has 0 atom stereocenters. The van der Waals surface area contributed by atoms with Gasteiger partial charge in [-0.25, -0.2) is 13.1 Å². The van der Waals surface area contributed by atoms with E-state index in [0.29, 0.717) is 24.8 Å². The van der Waals surface area contributed by atoms with Crippen LogP contribution in [0.5, 0.6) is 0 Å². The van der Waals surface area contributed by atoms with Crippen molar-refractivity contribution in [2.24, 2.45) is 0 Å². The van der Waals surface area contributed by atoms with Gasteiger partial charge in [0, 0.05) is 15.7 Å². The standard InChI is InChI=1S/C23H26INO5S2.Na.H/c1-16(2)17-6-12-21-18(15-23(32(28,29)30)22(21)13-7-17)5-3-4-14-25-31(26,27)20-10-8-19(24)9-11-20;;/h6-13,15-16,25H,3-5,14H2,1-2H3,(H,28,29,30);;. The Balaban J connectivity index is 0.00000385. The minimum absolute atomic E-state index is 0. The molecule has 2 aliphatic carbocycles. The summed E-state index contributed by atoms with van der Waals surface area (Å²) >= 11 is 2.12. The average molecular weight is 611 g/mol. The summed E-state index contributed by atoms with van der Waals surface area (Å²) < 4.78 is 61.8. The predicted molar refractivity (Wildman–Crippen MR) is 141 cm³/mol. The molecule has 1 aromatic rings. The summed E-state index contributed by atoms with van der Waals surface area (Å²) in [5, 5.41) is 0. The molecule has 1 aromatic carbocycles. The maximum atomic E-state index is 12.4. The van der Waals surface area contributed by atoms with Crippen molar-refractivity contribution < 1.29 is 21.4 Å². The quantitative estimate of drug-likeness (QED) is 0.162. The Hall–Kier alpha value is -0.530. The van der Waals surface area contributed by atoms with Crippen LogP contribution < -0.4 is 4.72 Å². The van der Waals surface area contributed by atoms with Gasteiger partial charge in [0.2, 0.25) is 10.0 Å². The molecule has 2 N–H and O–H groups in total. The van der Waals surface area contributed by atoms with Gasteiger partial charge in [-0.2, -0.15) is 8.42 Å². The molecule has 2 aliphatic rings. The summed E-state index contributed by atoms with van der Waals surface area (Å²) in [5.74, 6) is 0.283. The third-order valence-electron chi connectivity index (χ3n) is 5.33. The van der Waals surface area contributed by atoms with Gasteiger partial charge in [-0.1, -0.05) is 38.1 Å². The number of aryl methyl sites for hydroxylation is 1. The van der Waals surface area contributed by atoms with Crippen LogP contribution in [-0.2, 0) is 26.6 Å². The summed E-state index contributed by atoms with van der Waals surface area (Å²) in [6, 6.07) is 15.6. The average Bonchev–Trinajstić information content (AvgIpc) is 2.91. The number of nitrogens with one attached hydrogen (secondary N) is 1. The Bertz CT molecular complexity index is 1280. The molecule has 0 aliphatic heterocycles. The topological polar surface area (TPSA) is 101 Å². The Kier molecular flexibility index (Phi) is 10.4. The van der Waals surface area contributed by atoms with E-state index < -0.39 is 20.1 Å². The molecule has 174 valence electrons. The molecule has 0 radical (unpaired) electrons. The van der Waals surface area contributed by atoms with Gasteiger partial charge in [-0.15, -0.1) is 0 Å². The molecule has 0 heterocycles. The predicted octanol–water partition coefficient (Wildman–Crippen LogP) is 4.42. The van der Waals surface area contributed by atoms with Crippen LogP contribution in [0.1, 0.15) is 43.7 Å². The summed E-state index contributed by atoms with van der Waals surface area (Å²) in [6.07, 6.45) is 1.82. The van der Waals surface area contributed by atoms with Crippen LogP contribution in [0.4, 0.5) is 0 Å². The Morgan fingerprint density at radius 3 is 2.09 bits per heavy atom. The molecule has 0 aromatic heterocycles. The molecular weight excluding hydrogens is 584 g/mol. The first-order valence-corrected chi connectivity index (χ1v) is 14.3. The van der Waals surface area contributed by atoms with Crippen LogP contribution in [0.3, 0.4) is 0 Å². The molecule has 0 fully saturated rings. The molecule has 33 heavy (non-hydrogen) atoms. The molecule has 0 amide bonds. The van der Waals surface area contributed by atoms with Crippen LogP contribution in [0.2, 0.25) is 0 Å². The van der Waals surface area contributed by atoms with E-state index in [1.807, 2.05) is 18.2 Å². The van der Waals surface area contributed by atoms with Crippen molar-refractivity contribution >= 4 is 72.3 Å². The molecular formula is C23H27INNaO5S2. The summed E-state index contributed by atoms with van der Waals surface area (Å²) in [5.41, 5.74) is 3.16.